The Labute approximate surface area is 107 Å². The van der Waals surface area contributed by atoms with Crippen molar-refractivity contribution in [1.29, 1.82) is 0 Å². The number of fused-ring (bicyclic) bond motifs is 8. The predicted molar refractivity (Wildman–Crippen MR) is 72.4 cm³/mol. The third-order valence-electron chi connectivity index (χ3n) is 4.99. The molecule has 1 nitrogen and oxygen atoms in total. The van der Waals surface area contributed by atoms with Gasteiger partial charge >= 0.3 is 0 Å². The first-order chi connectivity index (χ1) is 8.95. The van der Waals surface area contributed by atoms with Gasteiger partial charge in [-0.05, 0) is 41.5 Å². The number of hydrogen-bond donors (Lipinski definition) is 0. The van der Waals surface area contributed by atoms with Crippen LogP contribution in [0, 0.1) is 11.8 Å². The molecule has 2 heterocycles. The molecule has 5 rings (SSSR count). The maximum atomic E-state index is 2.67. The van der Waals surface area contributed by atoms with Crippen molar-refractivity contribution in [3.63, 3.8) is 0 Å². The third-order valence-corrected chi connectivity index (χ3v) is 4.99. The lowest BCUT2D eigenvalue weighted by Gasteiger charge is -2.28. The number of nitrogens with zero attached hydrogens (tertiary/aromatic N) is 1. The topological polar surface area (TPSA) is 3.24 Å². The molecule has 3 aliphatic rings. The Kier molecular flexibility index (Phi) is 1.52. The zero-order valence-electron chi connectivity index (χ0n) is 10.2. The summed E-state index contributed by atoms with van der Waals surface area (Å²) >= 11 is 0. The maximum absolute atomic E-state index is 2.67. The van der Waals surface area contributed by atoms with Crippen molar-refractivity contribution in [2.75, 3.05) is 4.90 Å². The van der Waals surface area contributed by atoms with Gasteiger partial charge in [0.15, 0.2) is 0 Å². The summed E-state index contributed by atoms with van der Waals surface area (Å²) in [5, 5.41) is 0. The van der Waals surface area contributed by atoms with Crippen LogP contribution in [0.3, 0.4) is 0 Å². The number of benzene rings is 2. The van der Waals surface area contributed by atoms with E-state index in [1.165, 1.54) is 12.1 Å². The van der Waals surface area contributed by atoms with Gasteiger partial charge in [-0.25, -0.2) is 0 Å². The molecule has 0 radical (unpaired) electrons. The van der Waals surface area contributed by atoms with Crippen LogP contribution < -0.4 is 4.90 Å². The fourth-order valence-electron chi connectivity index (χ4n) is 4.28. The van der Waals surface area contributed by atoms with E-state index < -0.39 is 0 Å². The van der Waals surface area contributed by atoms with Crippen molar-refractivity contribution in [3.05, 3.63) is 65.7 Å². The second-order valence-electron chi connectivity index (χ2n) is 5.82. The SMILES string of the molecule is c1ccc(N2C3c4ccccc4C2C2CC23)cc1. The summed E-state index contributed by atoms with van der Waals surface area (Å²) < 4.78 is 0. The first-order valence-corrected chi connectivity index (χ1v) is 6.87. The fraction of sp³-hybridized carbons (Fsp3) is 0.294. The average Bonchev–Trinajstić information content (AvgIpc) is 3.08. The lowest BCUT2D eigenvalue weighted by molar-refractivity contribution is 0.631. The molecule has 1 saturated carbocycles. The van der Waals surface area contributed by atoms with Gasteiger partial charge in [-0.15, -0.1) is 0 Å². The molecule has 4 unspecified atom stereocenters. The van der Waals surface area contributed by atoms with Gasteiger partial charge in [0, 0.05) is 5.69 Å². The van der Waals surface area contributed by atoms with Crippen LogP contribution in [0.4, 0.5) is 5.69 Å². The van der Waals surface area contributed by atoms with Crippen LogP contribution in [-0.4, -0.2) is 0 Å². The summed E-state index contributed by atoms with van der Waals surface area (Å²) in [5.74, 6) is 1.84. The van der Waals surface area contributed by atoms with E-state index >= 15 is 0 Å². The van der Waals surface area contributed by atoms with E-state index in [-0.39, 0.29) is 0 Å². The van der Waals surface area contributed by atoms with E-state index in [0.717, 1.165) is 11.8 Å². The van der Waals surface area contributed by atoms with E-state index in [2.05, 4.69) is 59.5 Å². The normalized spacial score (nSPS) is 34.3. The summed E-state index contributed by atoms with van der Waals surface area (Å²) in [7, 11) is 0. The van der Waals surface area contributed by atoms with Crippen LogP contribution in [0.25, 0.3) is 0 Å². The molecular weight excluding hydrogens is 218 g/mol. The van der Waals surface area contributed by atoms with Crippen LogP contribution in [0.15, 0.2) is 54.6 Å². The largest absolute Gasteiger partial charge is 0.357 e. The van der Waals surface area contributed by atoms with E-state index in [1.807, 2.05) is 0 Å². The zero-order chi connectivity index (χ0) is 11.7. The van der Waals surface area contributed by atoms with E-state index in [0.29, 0.717) is 12.1 Å². The molecule has 88 valence electrons. The van der Waals surface area contributed by atoms with E-state index in [4.69, 9.17) is 0 Å². The molecular formula is C17H15N. The molecule has 2 aliphatic heterocycles. The molecule has 1 aliphatic carbocycles. The Morgan fingerprint density at radius 1 is 0.722 bits per heavy atom. The summed E-state index contributed by atoms with van der Waals surface area (Å²) in [5.41, 5.74) is 4.58. The Balaban J connectivity index is 1.70. The van der Waals surface area contributed by atoms with Crippen molar-refractivity contribution in [2.45, 2.75) is 18.5 Å². The predicted octanol–water partition coefficient (Wildman–Crippen LogP) is 3.94. The molecule has 0 spiro atoms. The number of anilines is 1. The quantitative estimate of drug-likeness (QED) is 0.721. The van der Waals surface area contributed by atoms with Crippen LogP contribution >= 0.6 is 0 Å². The number of para-hydroxylation sites is 1. The van der Waals surface area contributed by atoms with Gasteiger partial charge in [-0.3, -0.25) is 0 Å². The van der Waals surface area contributed by atoms with Gasteiger partial charge < -0.3 is 4.90 Å². The van der Waals surface area contributed by atoms with Gasteiger partial charge in [0.1, 0.15) is 0 Å². The molecule has 0 aromatic heterocycles. The lowest BCUT2D eigenvalue weighted by Crippen LogP contribution is -2.22. The van der Waals surface area contributed by atoms with Gasteiger partial charge in [0.05, 0.1) is 12.1 Å². The molecule has 0 N–H and O–H groups in total. The highest BCUT2D eigenvalue weighted by Crippen LogP contribution is 2.71. The highest BCUT2D eigenvalue weighted by atomic mass is 15.3. The Morgan fingerprint density at radius 3 is 1.89 bits per heavy atom. The van der Waals surface area contributed by atoms with Crippen LogP contribution in [0.5, 0.6) is 0 Å². The Morgan fingerprint density at radius 2 is 1.28 bits per heavy atom. The van der Waals surface area contributed by atoms with Crippen molar-refractivity contribution < 1.29 is 0 Å². The second-order valence-corrected chi connectivity index (χ2v) is 5.82. The number of rotatable bonds is 1. The van der Waals surface area contributed by atoms with Crippen molar-refractivity contribution in [3.8, 4) is 0 Å². The minimum Gasteiger partial charge on any atom is -0.357 e. The standard InChI is InChI=1S/C17H15N/c1-2-6-11(7-3-1)18-16-12-8-4-5-9-13(12)17(18)15-10-14(15)16/h1-9,14-17H,10H2. The number of piperidine rings is 1. The van der Waals surface area contributed by atoms with Crippen LogP contribution in [0.2, 0.25) is 0 Å². The highest BCUT2D eigenvalue weighted by Gasteiger charge is 2.64. The smallest absolute Gasteiger partial charge is 0.0584 e. The summed E-state index contributed by atoms with van der Waals surface area (Å²) in [6.45, 7) is 0. The van der Waals surface area contributed by atoms with Gasteiger partial charge in [0.25, 0.3) is 0 Å². The Bertz CT molecular complexity index is 584. The summed E-state index contributed by atoms with van der Waals surface area (Å²) in [4.78, 5) is 2.67. The third kappa shape index (κ3) is 0.951. The van der Waals surface area contributed by atoms with E-state index in [9.17, 15) is 0 Å². The molecule has 2 aromatic rings. The molecule has 2 fully saturated rings. The van der Waals surface area contributed by atoms with Crippen molar-refractivity contribution >= 4 is 5.69 Å². The van der Waals surface area contributed by atoms with Gasteiger partial charge in [0.2, 0.25) is 0 Å². The molecule has 1 saturated heterocycles. The number of hydrogen-bond acceptors (Lipinski definition) is 1. The summed E-state index contributed by atoms with van der Waals surface area (Å²) in [6.07, 6.45) is 1.44. The monoisotopic (exact) mass is 233 g/mol. The molecule has 1 heteroatoms. The minimum atomic E-state index is 0.651. The van der Waals surface area contributed by atoms with Crippen molar-refractivity contribution in [1.82, 2.24) is 0 Å². The molecule has 18 heavy (non-hydrogen) atoms. The highest BCUT2D eigenvalue weighted by molar-refractivity contribution is 5.62. The molecule has 2 bridgehead atoms. The van der Waals surface area contributed by atoms with Gasteiger partial charge in [-0.1, -0.05) is 42.5 Å². The maximum Gasteiger partial charge on any atom is 0.0584 e. The first kappa shape index (κ1) is 9.21. The molecule has 0 amide bonds. The van der Waals surface area contributed by atoms with Crippen molar-refractivity contribution in [2.24, 2.45) is 11.8 Å². The average molecular weight is 233 g/mol. The fourth-order valence-corrected chi connectivity index (χ4v) is 4.28. The minimum absolute atomic E-state index is 0.651. The first-order valence-electron chi connectivity index (χ1n) is 6.87. The van der Waals surface area contributed by atoms with Gasteiger partial charge in [-0.2, -0.15) is 0 Å². The van der Waals surface area contributed by atoms with Crippen LogP contribution in [-0.2, 0) is 0 Å². The zero-order valence-corrected chi connectivity index (χ0v) is 10.2. The van der Waals surface area contributed by atoms with E-state index in [1.54, 1.807) is 11.1 Å². The Hall–Kier alpha value is -1.76. The molecule has 2 aromatic carbocycles. The second kappa shape index (κ2) is 2.97. The summed E-state index contributed by atoms with van der Waals surface area (Å²) in [6, 6.07) is 21.3. The van der Waals surface area contributed by atoms with Crippen LogP contribution in [0.1, 0.15) is 29.6 Å². The lowest BCUT2D eigenvalue weighted by atomic mass is 9.92. The molecule has 4 atom stereocenters.